The Balaban J connectivity index is 3.32. The SMILES string of the molecule is COC(=O)C(C)(C)c1ccc(OC)c([N+](=O)[O-])c1. The average Bonchev–Trinajstić information content (AvgIpc) is 2.36. The van der Waals surface area contributed by atoms with Crippen LogP contribution in [-0.4, -0.2) is 25.1 Å². The van der Waals surface area contributed by atoms with Crippen molar-refractivity contribution in [2.75, 3.05) is 14.2 Å². The second-order valence-electron chi connectivity index (χ2n) is 4.26. The Morgan fingerprint density at radius 3 is 2.39 bits per heavy atom. The minimum Gasteiger partial charge on any atom is -0.490 e. The van der Waals surface area contributed by atoms with Gasteiger partial charge in [-0.05, 0) is 25.5 Å². The molecule has 0 aliphatic heterocycles. The highest BCUT2D eigenvalue weighted by Crippen LogP contribution is 2.33. The zero-order valence-electron chi connectivity index (χ0n) is 10.7. The third-order valence-electron chi connectivity index (χ3n) is 2.79. The van der Waals surface area contributed by atoms with E-state index in [2.05, 4.69) is 4.74 Å². The quantitative estimate of drug-likeness (QED) is 0.466. The number of methoxy groups -OCH3 is 2. The van der Waals surface area contributed by atoms with Crippen LogP contribution in [-0.2, 0) is 14.9 Å². The van der Waals surface area contributed by atoms with Crippen molar-refractivity contribution in [1.82, 2.24) is 0 Å². The molecule has 0 saturated carbocycles. The molecular weight excluding hydrogens is 238 g/mol. The average molecular weight is 253 g/mol. The Morgan fingerprint density at radius 2 is 1.94 bits per heavy atom. The number of nitro benzene ring substituents is 1. The Hall–Kier alpha value is -2.11. The number of benzene rings is 1. The Morgan fingerprint density at radius 1 is 1.33 bits per heavy atom. The van der Waals surface area contributed by atoms with Crippen LogP contribution in [0.3, 0.4) is 0 Å². The standard InChI is InChI=1S/C12H15NO5/c1-12(2,11(14)18-4)8-5-6-10(17-3)9(7-8)13(15)16/h5-7H,1-4H3. The molecule has 6 heteroatoms. The Kier molecular flexibility index (Phi) is 3.90. The van der Waals surface area contributed by atoms with Gasteiger partial charge in [0, 0.05) is 6.07 Å². The van der Waals surface area contributed by atoms with Gasteiger partial charge in [0.15, 0.2) is 5.75 Å². The fourth-order valence-corrected chi connectivity index (χ4v) is 1.59. The molecule has 0 aromatic heterocycles. The largest absolute Gasteiger partial charge is 0.490 e. The van der Waals surface area contributed by atoms with Crippen LogP contribution in [0.4, 0.5) is 5.69 Å². The number of ether oxygens (including phenoxy) is 2. The van der Waals surface area contributed by atoms with Crippen LogP contribution in [0.5, 0.6) is 5.75 Å². The van der Waals surface area contributed by atoms with Gasteiger partial charge in [0.2, 0.25) is 0 Å². The van der Waals surface area contributed by atoms with E-state index in [0.717, 1.165) is 0 Å². The molecule has 0 N–H and O–H groups in total. The van der Waals surface area contributed by atoms with E-state index in [-0.39, 0.29) is 11.4 Å². The molecular formula is C12H15NO5. The third-order valence-corrected chi connectivity index (χ3v) is 2.79. The lowest BCUT2D eigenvalue weighted by atomic mass is 9.84. The van der Waals surface area contributed by atoms with Gasteiger partial charge in [0.25, 0.3) is 0 Å². The molecule has 0 bridgehead atoms. The van der Waals surface area contributed by atoms with Crippen molar-refractivity contribution in [2.24, 2.45) is 0 Å². The van der Waals surface area contributed by atoms with Crippen molar-refractivity contribution in [2.45, 2.75) is 19.3 Å². The highest BCUT2D eigenvalue weighted by atomic mass is 16.6. The van der Waals surface area contributed by atoms with Crippen molar-refractivity contribution in [3.63, 3.8) is 0 Å². The molecule has 0 amide bonds. The monoisotopic (exact) mass is 253 g/mol. The van der Waals surface area contributed by atoms with Crippen LogP contribution in [0, 0.1) is 10.1 Å². The van der Waals surface area contributed by atoms with E-state index in [1.807, 2.05) is 0 Å². The van der Waals surface area contributed by atoms with Gasteiger partial charge in [-0.3, -0.25) is 14.9 Å². The Labute approximate surface area is 105 Å². The first kappa shape index (κ1) is 14.0. The van der Waals surface area contributed by atoms with E-state index in [1.165, 1.54) is 26.4 Å². The van der Waals surface area contributed by atoms with E-state index < -0.39 is 16.3 Å². The summed E-state index contributed by atoms with van der Waals surface area (Å²) >= 11 is 0. The van der Waals surface area contributed by atoms with Gasteiger partial charge in [0.05, 0.1) is 24.6 Å². The summed E-state index contributed by atoms with van der Waals surface area (Å²) in [6.45, 7) is 3.29. The molecule has 18 heavy (non-hydrogen) atoms. The summed E-state index contributed by atoms with van der Waals surface area (Å²) in [5, 5.41) is 10.9. The number of hydrogen-bond donors (Lipinski definition) is 0. The second-order valence-corrected chi connectivity index (χ2v) is 4.26. The highest BCUT2D eigenvalue weighted by molar-refractivity contribution is 5.82. The smallest absolute Gasteiger partial charge is 0.315 e. The Bertz CT molecular complexity index is 481. The van der Waals surface area contributed by atoms with Crippen molar-refractivity contribution in [3.8, 4) is 5.75 Å². The molecule has 0 atom stereocenters. The van der Waals surface area contributed by atoms with Gasteiger partial charge in [-0.2, -0.15) is 0 Å². The predicted molar refractivity (Wildman–Crippen MR) is 64.7 cm³/mol. The van der Waals surface area contributed by atoms with Crippen LogP contribution in [0.25, 0.3) is 0 Å². The minimum absolute atomic E-state index is 0.157. The van der Waals surface area contributed by atoms with Crippen molar-refractivity contribution < 1.29 is 19.2 Å². The van der Waals surface area contributed by atoms with E-state index >= 15 is 0 Å². The number of rotatable bonds is 4. The van der Waals surface area contributed by atoms with Crippen molar-refractivity contribution in [1.29, 1.82) is 0 Å². The zero-order valence-corrected chi connectivity index (χ0v) is 10.7. The molecule has 98 valence electrons. The van der Waals surface area contributed by atoms with Crippen LogP contribution < -0.4 is 4.74 Å². The number of nitrogens with zero attached hydrogens (tertiary/aromatic N) is 1. The maximum Gasteiger partial charge on any atom is 0.315 e. The first-order chi connectivity index (χ1) is 8.34. The van der Waals surface area contributed by atoms with Gasteiger partial charge < -0.3 is 9.47 Å². The summed E-state index contributed by atoms with van der Waals surface area (Å²) in [6.07, 6.45) is 0. The van der Waals surface area contributed by atoms with E-state index in [9.17, 15) is 14.9 Å². The van der Waals surface area contributed by atoms with E-state index in [0.29, 0.717) is 5.56 Å². The molecule has 0 heterocycles. The van der Waals surface area contributed by atoms with Crippen LogP contribution in [0.15, 0.2) is 18.2 Å². The molecule has 0 aliphatic carbocycles. The molecule has 1 aromatic rings. The molecule has 0 radical (unpaired) electrons. The summed E-state index contributed by atoms with van der Waals surface area (Å²) in [4.78, 5) is 22.0. The fourth-order valence-electron chi connectivity index (χ4n) is 1.59. The first-order valence-corrected chi connectivity index (χ1v) is 5.26. The molecule has 1 aromatic carbocycles. The lowest BCUT2D eigenvalue weighted by molar-refractivity contribution is -0.385. The van der Waals surface area contributed by atoms with Gasteiger partial charge >= 0.3 is 11.7 Å². The van der Waals surface area contributed by atoms with E-state index in [4.69, 9.17) is 4.74 Å². The molecule has 0 fully saturated rings. The van der Waals surface area contributed by atoms with Crippen molar-refractivity contribution >= 4 is 11.7 Å². The molecule has 1 rings (SSSR count). The number of nitro groups is 1. The molecule has 0 spiro atoms. The molecule has 6 nitrogen and oxygen atoms in total. The van der Waals surface area contributed by atoms with Crippen LogP contribution in [0.1, 0.15) is 19.4 Å². The lowest BCUT2D eigenvalue weighted by Gasteiger charge is -2.21. The van der Waals surface area contributed by atoms with Gasteiger partial charge in [0.1, 0.15) is 0 Å². The lowest BCUT2D eigenvalue weighted by Crippen LogP contribution is -2.30. The molecule has 0 unspecified atom stereocenters. The number of esters is 1. The van der Waals surface area contributed by atoms with Crippen molar-refractivity contribution in [3.05, 3.63) is 33.9 Å². The number of hydrogen-bond acceptors (Lipinski definition) is 5. The van der Waals surface area contributed by atoms with Gasteiger partial charge in [-0.25, -0.2) is 0 Å². The summed E-state index contributed by atoms with van der Waals surface area (Å²) in [5.74, 6) is -0.300. The molecule has 0 aliphatic rings. The number of carbonyl (C=O) groups is 1. The predicted octanol–water partition coefficient (Wildman–Crippen LogP) is 2.05. The fraction of sp³-hybridized carbons (Fsp3) is 0.417. The van der Waals surface area contributed by atoms with E-state index in [1.54, 1.807) is 19.9 Å². The molecule has 0 saturated heterocycles. The first-order valence-electron chi connectivity index (χ1n) is 5.26. The summed E-state index contributed by atoms with van der Waals surface area (Å²) in [6, 6.07) is 4.41. The highest BCUT2D eigenvalue weighted by Gasteiger charge is 2.33. The number of carbonyl (C=O) groups excluding carboxylic acids is 1. The maximum atomic E-state index is 11.6. The second kappa shape index (κ2) is 5.03. The topological polar surface area (TPSA) is 78.7 Å². The summed E-state index contributed by atoms with van der Waals surface area (Å²) in [5.41, 5.74) is -0.625. The van der Waals surface area contributed by atoms with Gasteiger partial charge in [-0.15, -0.1) is 0 Å². The summed E-state index contributed by atoms with van der Waals surface area (Å²) < 4.78 is 9.59. The third kappa shape index (κ3) is 2.42. The summed E-state index contributed by atoms with van der Waals surface area (Å²) in [7, 11) is 2.63. The maximum absolute atomic E-state index is 11.6. The minimum atomic E-state index is -0.953. The zero-order chi connectivity index (χ0) is 13.9. The van der Waals surface area contributed by atoms with Crippen LogP contribution >= 0.6 is 0 Å². The van der Waals surface area contributed by atoms with Gasteiger partial charge in [-0.1, -0.05) is 6.07 Å². The van der Waals surface area contributed by atoms with Crippen LogP contribution in [0.2, 0.25) is 0 Å². The normalized spacial score (nSPS) is 10.9.